The first-order valence-electron chi connectivity index (χ1n) is 5.89. The zero-order valence-electron chi connectivity index (χ0n) is 8.81. The molecule has 14 heavy (non-hydrogen) atoms. The van der Waals surface area contributed by atoms with Gasteiger partial charge in [0.1, 0.15) is 0 Å². The van der Waals surface area contributed by atoms with Gasteiger partial charge in [0.2, 0.25) is 0 Å². The van der Waals surface area contributed by atoms with Crippen molar-refractivity contribution in [1.82, 2.24) is 21.3 Å². The second-order valence-corrected chi connectivity index (χ2v) is 4.21. The number of nitrogens with one attached hydrogen (secondary N) is 4. The Morgan fingerprint density at radius 3 is 1.36 bits per heavy atom. The zero-order valence-corrected chi connectivity index (χ0v) is 8.81. The predicted octanol–water partition coefficient (Wildman–Crippen LogP) is -0.415. The van der Waals surface area contributed by atoms with Crippen molar-refractivity contribution in [2.24, 2.45) is 0 Å². The van der Waals surface area contributed by atoms with E-state index in [0.29, 0.717) is 12.3 Å². The Kier molecular flexibility index (Phi) is 4.19. The van der Waals surface area contributed by atoms with Gasteiger partial charge < -0.3 is 21.3 Å². The highest BCUT2D eigenvalue weighted by Gasteiger charge is 2.15. The van der Waals surface area contributed by atoms with Crippen molar-refractivity contribution in [3.05, 3.63) is 0 Å². The molecule has 2 aliphatic rings. The van der Waals surface area contributed by atoms with Crippen LogP contribution in [-0.4, -0.2) is 38.5 Å². The number of hydrogen-bond donors (Lipinski definition) is 4. The maximum atomic E-state index is 3.49. The van der Waals surface area contributed by atoms with E-state index < -0.39 is 0 Å². The standard InChI is InChI=1S/C10H22N4/c1-5-11-9(12-6-1)3-4-10-13-7-2-8-14-10/h9-14H,1-8H2. The Labute approximate surface area is 86.2 Å². The summed E-state index contributed by atoms with van der Waals surface area (Å²) >= 11 is 0. The zero-order chi connectivity index (χ0) is 9.64. The average Bonchev–Trinajstić information content (AvgIpc) is 2.29. The van der Waals surface area contributed by atoms with Gasteiger partial charge in [0.15, 0.2) is 0 Å². The number of rotatable bonds is 3. The highest BCUT2D eigenvalue weighted by atomic mass is 15.2. The summed E-state index contributed by atoms with van der Waals surface area (Å²) in [4.78, 5) is 0. The van der Waals surface area contributed by atoms with Crippen LogP contribution in [0.1, 0.15) is 25.7 Å². The molecule has 0 amide bonds. The molecule has 0 spiro atoms. The van der Waals surface area contributed by atoms with Gasteiger partial charge in [0.05, 0.1) is 12.3 Å². The highest BCUT2D eigenvalue weighted by molar-refractivity contribution is 4.75. The first-order valence-corrected chi connectivity index (χ1v) is 5.89. The Morgan fingerprint density at radius 1 is 0.643 bits per heavy atom. The summed E-state index contributed by atoms with van der Waals surface area (Å²) in [7, 11) is 0. The van der Waals surface area contributed by atoms with E-state index in [2.05, 4.69) is 21.3 Å². The van der Waals surface area contributed by atoms with E-state index in [1.165, 1.54) is 51.9 Å². The van der Waals surface area contributed by atoms with Crippen LogP contribution < -0.4 is 21.3 Å². The van der Waals surface area contributed by atoms with Crippen molar-refractivity contribution in [3.8, 4) is 0 Å². The minimum atomic E-state index is 0.536. The lowest BCUT2D eigenvalue weighted by molar-refractivity contribution is 0.293. The van der Waals surface area contributed by atoms with Gasteiger partial charge in [-0.1, -0.05) is 0 Å². The molecule has 4 nitrogen and oxygen atoms in total. The molecule has 0 aliphatic carbocycles. The Morgan fingerprint density at radius 2 is 1.00 bits per heavy atom. The first-order chi connectivity index (χ1) is 6.95. The van der Waals surface area contributed by atoms with Crippen LogP contribution in [0.4, 0.5) is 0 Å². The van der Waals surface area contributed by atoms with Crippen LogP contribution in [-0.2, 0) is 0 Å². The maximum absolute atomic E-state index is 3.49. The predicted molar refractivity (Wildman–Crippen MR) is 58.1 cm³/mol. The summed E-state index contributed by atoms with van der Waals surface area (Å²) in [5.74, 6) is 0. The van der Waals surface area contributed by atoms with E-state index in [1.54, 1.807) is 0 Å². The number of hydrogen-bond acceptors (Lipinski definition) is 4. The largest absolute Gasteiger partial charge is 0.302 e. The van der Waals surface area contributed by atoms with Gasteiger partial charge in [-0.15, -0.1) is 0 Å². The van der Waals surface area contributed by atoms with E-state index in [4.69, 9.17) is 0 Å². The second-order valence-electron chi connectivity index (χ2n) is 4.21. The third-order valence-electron chi connectivity index (χ3n) is 3.01. The van der Waals surface area contributed by atoms with Crippen LogP contribution >= 0.6 is 0 Å². The minimum Gasteiger partial charge on any atom is -0.302 e. The lowest BCUT2D eigenvalue weighted by Crippen LogP contribution is -2.52. The topological polar surface area (TPSA) is 48.1 Å². The third kappa shape index (κ3) is 3.20. The van der Waals surface area contributed by atoms with E-state index in [1.807, 2.05) is 0 Å². The molecule has 0 saturated carbocycles. The quantitative estimate of drug-likeness (QED) is 0.498. The molecule has 2 heterocycles. The molecular weight excluding hydrogens is 176 g/mol. The fourth-order valence-electron chi connectivity index (χ4n) is 2.17. The van der Waals surface area contributed by atoms with Crippen LogP contribution in [0.2, 0.25) is 0 Å². The Bertz CT molecular complexity index is 132. The van der Waals surface area contributed by atoms with Gasteiger partial charge in [-0.25, -0.2) is 0 Å². The minimum absolute atomic E-state index is 0.536. The molecule has 2 fully saturated rings. The van der Waals surface area contributed by atoms with Crippen molar-refractivity contribution in [2.75, 3.05) is 26.2 Å². The molecule has 0 aromatic carbocycles. The summed E-state index contributed by atoms with van der Waals surface area (Å²) in [5.41, 5.74) is 0. The second kappa shape index (κ2) is 5.66. The summed E-state index contributed by atoms with van der Waals surface area (Å²) in [6.07, 6.45) is 6.02. The fraction of sp³-hybridized carbons (Fsp3) is 1.00. The summed E-state index contributed by atoms with van der Waals surface area (Å²) in [6, 6.07) is 0. The smallest absolute Gasteiger partial charge is 0.0572 e. The van der Waals surface area contributed by atoms with Gasteiger partial charge in [0.25, 0.3) is 0 Å². The molecule has 4 heteroatoms. The lowest BCUT2D eigenvalue weighted by atomic mass is 10.1. The summed E-state index contributed by atoms with van der Waals surface area (Å²) in [5, 5.41) is 14.0. The van der Waals surface area contributed by atoms with Crippen LogP contribution in [0.3, 0.4) is 0 Å². The third-order valence-corrected chi connectivity index (χ3v) is 3.01. The molecule has 2 saturated heterocycles. The molecule has 0 aromatic rings. The van der Waals surface area contributed by atoms with Crippen LogP contribution in [0.15, 0.2) is 0 Å². The van der Waals surface area contributed by atoms with Crippen molar-refractivity contribution in [1.29, 1.82) is 0 Å². The molecule has 2 rings (SSSR count). The van der Waals surface area contributed by atoms with Gasteiger partial charge >= 0.3 is 0 Å². The average molecular weight is 198 g/mol. The molecular formula is C10H22N4. The van der Waals surface area contributed by atoms with Crippen molar-refractivity contribution in [2.45, 2.75) is 38.0 Å². The summed E-state index contributed by atoms with van der Waals surface area (Å²) in [6.45, 7) is 4.68. The molecule has 0 radical (unpaired) electrons. The fourth-order valence-corrected chi connectivity index (χ4v) is 2.17. The Hall–Kier alpha value is -0.160. The van der Waals surface area contributed by atoms with Crippen molar-refractivity contribution in [3.63, 3.8) is 0 Å². The summed E-state index contributed by atoms with van der Waals surface area (Å²) < 4.78 is 0. The normalized spacial score (nSPS) is 26.6. The molecule has 0 bridgehead atoms. The molecule has 2 aliphatic heterocycles. The van der Waals surface area contributed by atoms with Crippen molar-refractivity contribution >= 4 is 0 Å². The van der Waals surface area contributed by atoms with Crippen molar-refractivity contribution < 1.29 is 0 Å². The molecule has 0 aromatic heterocycles. The van der Waals surface area contributed by atoms with E-state index in [-0.39, 0.29) is 0 Å². The van der Waals surface area contributed by atoms with Crippen LogP contribution in [0.25, 0.3) is 0 Å². The van der Waals surface area contributed by atoms with Gasteiger partial charge in [0, 0.05) is 0 Å². The first kappa shape index (κ1) is 10.4. The SMILES string of the molecule is C1CNC(CCC2NCCCN2)NC1. The highest BCUT2D eigenvalue weighted by Crippen LogP contribution is 2.03. The molecule has 0 unspecified atom stereocenters. The van der Waals surface area contributed by atoms with Gasteiger partial charge in [-0.05, 0) is 51.9 Å². The maximum Gasteiger partial charge on any atom is 0.0572 e. The van der Waals surface area contributed by atoms with Crippen LogP contribution in [0.5, 0.6) is 0 Å². The van der Waals surface area contributed by atoms with E-state index >= 15 is 0 Å². The van der Waals surface area contributed by atoms with Crippen LogP contribution in [0, 0.1) is 0 Å². The Balaban J connectivity index is 1.60. The van der Waals surface area contributed by atoms with Gasteiger partial charge in [-0.2, -0.15) is 0 Å². The molecule has 82 valence electrons. The lowest BCUT2D eigenvalue weighted by Gasteiger charge is -2.29. The van der Waals surface area contributed by atoms with E-state index in [0.717, 1.165) is 0 Å². The monoisotopic (exact) mass is 198 g/mol. The molecule has 0 atom stereocenters. The van der Waals surface area contributed by atoms with Gasteiger partial charge in [-0.3, -0.25) is 0 Å². The van der Waals surface area contributed by atoms with E-state index in [9.17, 15) is 0 Å². The molecule has 4 N–H and O–H groups in total.